The van der Waals surface area contributed by atoms with Crippen LogP contribution < -0.4 is 10.1 Å². The standard InChI is InChI=1S/C30H25Cl3N2O3/c31-24-16-15-23(26(33)17-24)18-34-30(37)29(22-11-5-2-6-12-22)35(19-21-9-3-1-4-10-21)28(36)20-38-27-14-8-7-13-25(27)32/h1-17,29H,18-20H2,(H,34,37)/t29-/m1/s1. The predicted octanol–water partition coefficient (Wildman–Crippen LogP) is 7.11. The fourth-order valence-electron chi connectivity index (χ4n) is 3.94. The maximum Gasteiger partial charge on any atom is 0.261 e. The third kappa shape index (κ3) is 7.29. The van der Waals surface area contributed by atoms with E-state index >= 15 is 0 Å². The van der Waals surface area contributed by atoms with E-state index in [1.165, 1.54) is 4.90 Å². The summed E-state index contributed by atoms with van der Waals surface area (Å²) in [5, 5.41) is 4.28. The predicted molar refractivity (Wildman–Crippen MR) is 151 cm³/mol. The summed E-state index contributed by atoms with van der Waals surface area (Å²) in [6.07, 6.45) is 0. The van der Waals surface area contributed by atoms with Crippen LogP contribution >= 0.6 is 34.8 Å². The zero-order chi connectivity index (χ0) is 26.9. The van der Waals surface area contributed by atoms with E-state index in [4.69, 9.17) is 39.5 Å². The van der Waals surface area contributed by atoms with Gasteiger partial charge in [0.25, 0.3) is 5.91 Å². The Morgan fingerprint density at radius 1 is 0.789 bits per heavy atom. The van der Waals surface area contributed by atoms with Gasteiger partial charge in [-0.25, -0.2) is 0 Å². The van der Waals surface area contributed by atoms with Crippen LogP contribution in [0.1, 0.15) is 22.7 Å². The van der Waals surface area contributed by atoms with Crippen LogP contribution in [0.15, 0.2) is 103 Å². The number of hydrogen-bond donors (Lipinski definition) is 1. The van der Waals surface area contributed by atoms with Crippen molar-refractivity contribution in [2.24, 2.45) is 0 Å². The smallest absolute Gasteiger partial charge is 0.261 e. The van der Waals surface area contributed by atoms with Gasteiger partial charge in [0.15, 0.2) is 6.61 Å². The first-order valence-electron chi connectivity index (χ1n) is 11.9. The molecule has 4 aromatic carbocycles. The van der Waals surface area contributed by atoms with Crippen LogP contribution in [0.3, 0.4) is 0 Å². The number of para-hydroxylation sites is 1. The van der Waals surface area contributed by atoms with Gasteiger partial charge in [-0.1, -0.05) is 114 Å². The molecule has 0 fully saturated rings. The second-order valence-corrected chi connectivity index (χ2v) is 9.74. The second-order valence-electron chi connectivity index (χ2n) is 8.49. The molecule has 0 saturated carbocycles. The van der Waals surface area contributed by atoms with Crippen molar-refractivity contribution in [3.8, 4) is 5.75 Å². The van der Waals surface area contributed by atoms with Crippen molar-refractivity contribution in [1.29, 1.82) is 0 Å². The molecular formula is C30H25Cl3N2O3. The van der Waals surface area contributed by atoms with Gasteiger partial charge in [0, 0.05) is 23.1 Å². The summed E-state index contributed by atoms with van der Waals surface area (Å²) in [5.41, 5.74) is 2.24. The SMILES string of the molecule is O=C(NCc1ccc(Cl)cc1Cl)[C@@H](c1ccccc1)N(Cc1ccccc1)C(=O)COc1ccccc1Cl. The van der Waals surface area contributed by atoms with E-state index in [1.54, 1.807) is 42.5 Å². The summed E-state index contributed by atoms with van der Waals surface area (Å²) < 4.78 is 5.75. The van der Waals surface area contributed by atoms with Gasteiger partial charge in [-0.05, 0) is 41.0 Å². The van der Waals surface area contributed by atoms with Gasteiger partial charge in [0.05, 0.1) is 5.02 Å². The molecule has 0 spiro atoms. The molecule has 0 aliphatic carbocycles. The Kier molecular flexibility index (Phi) is 9.66. The fourth-order valence-corrected chi connectivity index (χ4v) is 4.61. The van der Waals surface area contributed by atoms with Crippen molar-refractivity contribution in [2.45, 2.75) is 19.1 Å². The number of carbonyl (C=O) groups is 2. The van der Waals surface area contributed by atoms with Crippen LogP contribution in [-0.2, 0) is 22.7 Å². The number of benzene rings is 4. The van der Waals surface area contributed by atoms with Gasteiger partial charge in [-0.2, -0.15) is 0 Å². The van der Waals surface area contributed by atoms with Crippen LogP contribution in [0.5, 0.6) is 5.75 Å². The molecular weight excluding hydrogens is 543 g/mol. The van der Waals surface area contributed by atoms with Gasteiger partial charge in [-0.15, -0.1) is 0 Å². The van der Waals surface area contributed by atoms with Crippen LogP contribution in [0, 0.1) is 0 Å². The molecule has 0 saturated heterocycles. The van der Waals surface area contributed by atoms with E-state index in [-0.39, 0.29) is 31.5 Å². The van der Waals surface area contributed by atoms with Gasteiger partial charge in [-0.3, -0.25) is 9.59 Å². The van der Waals surface area contributed by atoms with Crippen molar-refractivity contribution in [3.63, 3.8) is 0 Å². The molecule has 8 heteroatoms. The molecule has 194 valence electrons. The largest absolute Gasteiger partial charge is 0.482 e. The molecule has 0 radical (unpaired) electrons. The maximum absolute atomic E-state index is 13.7. The summed E-state index contributed by atoms with van der Waals surface area (Å²) >= 11 is 18.5. The van der Waals surface area contributed by atoms with E-state index in [2.05, 4.69) is 5.32 Å². The van der Waals surface area contributed by atoms with E-state index in [0.717, 1.165) is 5.56 Å². The highest BCUT2D eigenvalue weighted by atomic mass is 35.5. The fraction of sp³-hybridized carbons (Fsp3) is 0.133. The zero-order valence-electron chi connectivity index (χ0n) is 20.3. The number of amides is 2. The molecule has 5 nitrogen and oxygen atoms in total. The van der Waals surface area contributed by atoms with E-state index in [9.17, 15) is 9.59 Å². The molecule has 0 aliphatic heterocycles. The number of carbonyl (C=O) groups excluding carboxylic acids is 2. The van der Waals surface area contributed by atoms with Gasteiger partial charge < -0.3 is 15.0 Å². The number of rotatable bonds is 10. The summed E-state index contributed by atoms with van der Waals surface area (Å²) in [7, 11) is 0. The zero-order valence-corrected chi connectivity index (χ0v) is 22.6. The average molecular weight is 568 g/mol. The molecule has 0 unspecified atom stereocenters. The average Bonchev–Trinajstić information content (AvgIpc) is 2.93. The molecule has 0 aliphatic rings. The Bertz CT molecular complexity index is 1380. The second kappa shape index (κ2) is 13.3. The van der Waals surface area contributed by atoms with Crippen LogP contribution in [0.4, 0.5) is 0 Å². The lowest BCUT2D eigenvalue weighted by Gasteiger charge is -2.31. The molecule has 1 atom stereocenters. The third-order valence-electron chi connectivity index (χ3n) is 5.85. The number of halogens is 3. The quantitative estimate of drug-likeness (QED) is 0.222. The maximum atomic E-state index is 13.7. The molecule has 0 aromatic heterocycles. The van der Waals surface area contributed by atoms with E-state index in [0.29, 0.717) is 31.9 Å². The monoisotopic (exact) mass is 566 g/mol. The summed E-state index contributed by atoms with van der Waals surface area (Å²) in [4.78, 5) is 28.9. The summed E-state index contributed by atoms with van der Waals surface area (Å²) in [6.45, 7) is 0.0675. The van der Waals surface area contributed by atoms with Gasteiger partial charge in [0.1, 0.15) is 11.8 Å². The Hall–Kier alpha value is -3.51. The highest BCUT2D eigenvalue weighted by Gasteiger charge is 2.32. The minimum atomic E-state index is -0.926. The normalized spacial score (nSPS) is 11.4. The highest BCUT2D eigenvalue weighted by molar-refractivity contribution is 6.35. The number of nitrogens with one attached hydrogen (secondary N) is 1. The number of hydrogen-bond acceptors (Lipinski definition) is 3. The lowest BCUT2D eigenvalue weighted by atomic mass is 10.0. The Balaban J connectivity index is 1.63. The van der Waals surface area contributed by atoms with Crippen molar-refractivity contribution < 1.29 is 14.3 Å². The van der Waals surface area contributed by atoms with Gasteiger partial charge >= 0.3 is 0 Å². The molecule has 0 bridgehead atoms. The Morgan fingerprint density at radius 3 is 2.13 bits per heavy atom. The van der Waals surface area contributed by atoms with E-state index in [1.807, 2.05) is 60.7 Å². The molecule has 38 heavy (non-hydrogen) atoms. The minimum absolute atomic E-state index is 0.168. The van der Waals surface area contributed by atoms with E-state index < -0.39 is 6.04 Å². The molecule has 4 aromatic rings. The van der Waals surface area contributed by atoms with Crippen LogP contribution in [0.2, 0.25) is 15.1 Å². The van der Waals surface area contributed by atoms with Crippen molar-refractivity contribution in [3.05, 3.63) is 135 Å². The molecule has 1 N–H and O–H groups in total. The Labute approximate surface area is 236 Å². The number of nitrogens with zero attached hydrogens (tertiary/aromatic N) is 1. The first-order valence-corrected chi connectivity index (χ1v) is 13.0. The van der Waals surface area contributed by atoms with Gasteiger partial charge in [0.2, 0.25) is 5.91 Å². The molecule has 4 rings (SSSR count). The topological polar surface area (TPSA) is 58.6 Å². The Morgan fingerprint density at radius 2 is 1.45 bits per heavy atom. The first-order chi connectivity index (χ1) is 18.4. The number of ether oxygens (including phenoxy) is 1. The molecule has 2 amide bonds. The lowest BCUT2D eigenvalue weighted by molar-refractivity contribution is -0.143. The lowest BCUT2D eigenvalue weighted by Crippen LogP contribution is -2.45. The summed E-state index contributed by atoms with van der Waals surface area (Å²) in [5.74, 6) is -0.341. The molecule has 0 heterocycles. The highest BCUT2D eigenvalue weighted by Crippen LogP contribution is 2.27. The van der Waals surface area contributed by atoms with Crippen molar-refractivity contribution >= 4 is 46.6 Å². The summed E-state index contributed by atoms with van der Waals surface area (Å²) in [6, 6.07) is 29.7. The first kappa shape index (κ1) is 27.5. The van der Waals surface area contributed by atoms with Crippen molar-refractivity contribution in [1.82, 2.24) is 10.2 Å². The van der Waals surface area contributed by atoms with Crippen molar-refractivity contribution in [2.75, 3.05) is 6.61 Å². The third-order valence-corrected chi connectivity index (χ3v) is 6.75. The van der Waals surface area contributed by atoms with Crippen LogP contribution in [-0.4, -0.2) is 23.3 Å². The minimum Gasteiger partial charge on any atom is -0.482 e. The van der Waals surface area contributed by atoms with Crippen LogP contribution in [0.25, 0.3) is 0 Å².